The molecule has 1 atom stereocenters. The minimum absolute atomic E-state index is 0.488. The molecule has 0 aliphatic heterocycles. The quantitative estimate of drug-likeness (QED) is 0.708. The fourth-order valence-electron chi connectivity index (χ4n) is 1.42. The van der Waals surface area contributed by atoms with E-state index in [9.17, 15) is 0 Å². The van der Waals surface area contributed by atoms with E-state index >= 15 is 0 Å². The summed E-state index contributed by atoms with van der Waals surface area (Å²) in [6.07, 6.45) is 1.71. The number of anilines is 1. The van der Waals surface area contributed by atoms with Gasteiger partial charge >= 0.3 is 0 Å². The van der Waals surface area contributed by atoms with Crippen molar-refractivity contribution in [1.29, 1.82) is 0 Å². The number of nitrogens with two attached hydrogens (primary N) is 1. The molecule has 0 saturated heterocycles. The highest BCUT2D eigenvalue weighted by Gasteiger charge is 2.00. The van der Waals surface area contributed by atoms with Crippen LogP contribution in [0.2, 0.25) is 0 Å². The van der Waals surface area contributed by atoms with Crippen LogP contribution in [0.5, 0.6) is 0 Å². The van der Waals surface area contributed by atoms with E-state index in [-0.39, 0.29) is 0 Å². The monoisotopic (exact) mass is 204 g/mol. The molecule has 80 valence electrons. The standard InChI is InChI=1S/C11H16N4/c1-8(5-12)6-13-9-2-3-10-11(4-9)15-7-14-10/h2-4,7-8,13H,5-6,12H2,1H3,(H,14,15). The van der Waals surface area contributed by atoms with Gasteiger partial charge in [0, 0.05) is 12.2 Å². The van der Waals surface area contributed by atoms with Crippen molar-refractivity contribution < 1.29 is 0 Å². The largest absolute Gasteiger partial charge is 0.385 e. The first-order valence-electron chi connectivity index (χ1n) is 5.16. The van der Waals surface area contributed by atoms with E-state index in [2.05, 4.69) is 28.3 Å². The Morgan fingerprint density at radius 2 is 2.40 bits per heavy atom. The van der Waals surface area contributed by atoms with Crippen molar-refractivity contribution in [1.82, 2.24) is 9.97 Å². The molecule has 0 saturated carbocycles. The SMILES string of the molecule is CC(CN)CNc1ccc2nc[nH]c2c1. The molecule has 2 aromatic rings. The number of fused-ring (bicyclic) bond motifs is 1. The van der Waals surface area contributed by atoms with Gasteiger partial charge in [-0.1, -0.05) is 6.92 Å². The van der Waals surface area contributed by atoms with Crippen LogP contribution in [0.4, 0.5) is 5.69 Å². The van der Waals surface area contributed by atoms with Gasteiger partial charge in [-0.3, -0.25) is 0 Å². The molecule has 4 heteroatoms. The van der Waals surface area contributed by atoms with Gasteiger partial charge < -0.3 is 16.0 Å². The zero-order valence-corrected chi connectivity index (χ0v) is 8.83. The topological polar surface area (TPSA) is 66.7 Å². The normalized spacial score (nSPS) is 12.9. The molecular weight excluding hydrogens is 188 g/mol. The van der Waals surface area contributed by atoms with Gasteiger partial charge in [0.2, 0.25) is 0 Å². The Labute approximate surface area is 88.9 Å². The van der Waals surface area contributed by atoms with E-state index in [4.69, 9.17) is 5.73 Å². The molecule has 1 unspecified atom stereocenters. The minimum atomic E-state index is 0.488. The van der Waals surface area contributed by atoms with Crippen molar-refractivity contribution in [2.24, 2.45) is 11.7 Å². The lowest BCUT2D eigenvalue weighted by molar-refractivity contribution is 0.628. The second-order valence-electron chi connectivity index (χ2n) is 3.86. The van der Waals surface area contributed by atoms with Gasteiger partial charge in [0.25, 0.3) is 0 Å². The summed E-state index contributed by atoms with van der Waals surface area (Å²) >= 11 is 0. The molecule has 15 heavy (non-hydrogen) atoms. The molecule has 2 rings (SSSR count). The van der Waals surface area contributed by atoms with E-state index in [1.807, 2.05) is 12.1 Å². The molecule has 1 aromatic carbocycles. The maximum absolute atomic E-state index is 5.55. The van der Waals surface area contributed by atoms with Crippen LogP contribution in [0.25, 0.3) is 11.0 Å². The highest BCUT2D eigenvalue weighted by Crippen LogP contribution is 2.15. The molecule has 4 nitrogen and oxygen atoms in total. The van der Waals surface area contributed by atoms with Gasteiger partial charge in [0.05, 0.1) is 17.4 Å². The molecule has 4 N–H and O–H groups in total. The third kappa shape index (κ3) is 2.27. The van der Waals surface area contributed by atoms with Crippen LogP contribution in [0.1, 0.15) is 6.92 Å². The molecule has 0 aliphatic rings. The van der Waals surface area contributed by atoms with E-state index in [1.165, 1.54) is 0 Å². The Bertz CT molecular complexity index is 435. The Balaban J connectivity index is 2.08. The number of rotatable bonds is 4. The van der Waals surface area contributed by atoms with Crippen LogP contribution in [0.15, 0.2) is 24.5 Å². The van der Waals surface area contributed by atoms with Gasteiger partial charge in [0.1, 0.15) is 0 Å². The highest BCUT2D eigenvalue weighted by atomic mass is 14.9. The summed E-state index contributed by atoms with van der Waals surface area (Å²) in [5.41, 5.74) is 8.71. The van der Waals surface area contributed by atoms with E-state index < -0.39 is 0 Å². The van der Waals surface area contributed by atoms with Crippen LogP contribution in [0.3, 0.4) is 0 Å². The number of aromatic amines is 1. The van der Waals surface area contributed by atoms with Crippen LogP contribution < -0.4 is 11.1 Å². The summed E-state index contributed by atoms with van der Waals surface area (Å²) in [7, 11) is 0. The van der Waals surface area contributed by atoms with Gasteiger partial charge in [0.15, 0.2) is 0 Å². The van der Waals surface area contributed by atoms with Crippen molar-refractivity contribution in [2.75, 3.05) is 18.4 Å². The van der Waals surface area contributed by atoms with Crippen molar-refractivity contribution in [3.63, 3.8) is 0 Å². The second kappa shape index (κ2) is 4.31. The molecule has 0 bridgehead atoms. The summed E-state index contributed by atoms with van der Waals surface area (Å²) in [5, 5.41) is 3.35. The number of nitrogens with zero attached hydrogens (tertiary/aromatic N) is 1. The van der Waals surface area contributed by atoms with Gasteiger partial charge in [-0.2, -0.15) is 0 Å². The summed E-state index contributed by atoms with van der Waals surface area (Å²) in [4.78, 5) is 7.25. The van der Waals surface area contributed by atoms with Gasteiger partial charge in [-0.25, -0.2) is 4.98 Å². The van der Waals surface area contributed by atoms with Gasteiger partial charge in [-0.15, -0.1) is 0 Å². The predicted molar refractivity (Wildman–Crippen MR) is 62.8 cm³/mol. The Hall–Kier alpha value is -1.55. The first-order chi connectivity index (χ1) is 7.29. The maximum atomic E-state index is 5.55. The molecule has 0 amide bonds. The summed E-state index contributed by atoms with van der Waals surface area (Å²) in [6, 6.07) is 6.10. The van der Waals surface area contributed by atoms with E-state index in [1.54, 1.807) is 6.33 Å². The summed E-state index contributed by atoms with van der Waals surface area (Å²) in [5.74, 6) is 0.488. The first-order valence-corrected chi connectivity index (χ1v) is 5.16. The maximum Gasteiger partial charge on any atom is 0.0931 e. The highest BCUT2D eigenvalue weighted by molar-refractivity contribution is 5.78. The molecular formula is C11H16N4. The fourth-order valence-corrected chi connectivity index (χ4v) is 1.42. The fraction of sp³-hybridized carbons (Fsp3) is 0.364. The first kappa shape index (κ1) is 9.98. The Morgan fingerprint density at radius 3 is 3.20 bits per heavy atom. The third-order valence-corrected chi connectivity index (χ3v) is 2.48. The van der Waals surface area contributed by atoms with E-state index in [0.717, 1.165) is 23.3 Å². The Kier molecular flexibility index (Phi) is 2.87. The number of nitrogens with one attached hydrogen (secondary N) is 2. The lowest BCUT2D eigenvalue weighted by atomic mass is 10.2. The molecule has 1 aromatic heterocycles. The number of hydrogen-bond donors (Lipinski definition) is 3. The zero-order valence-electron chi connectivity index (χ0n) is 8.83. The van der Waals surface area contributed by atoms with E-state index in [0.29, 0.717) is 12.5 Å². The number of aromatic nitrogens is 2. The lowest BCUT2D eigenvalue weighted by Gasteiger charge is -2.10. The van der Waals surface area contributed by atoms with Crippen LogP contribution in [0, 0.1) is 5.92 Å². The van der Waals surface area contributed by atoms with Gasteiger partial charge in [-0.05, 0) is 30.7 Å². The van der Waals surface area contributed by atoms with Crippen molar-refractivity contribution in [3.8, 4) is 0 Å². The number of H-pyrrole nitrogens is 1. The number of imidazole rings is 1. The summed E-state index contributed by atoms with van der Waals surface area (Å²) < 4.78 is 0. The predicted octanol–water partition coefficient (Wildman–Crippen LogP) is 1.57. The molecule has 1 heterocycles. The van der Waals surface area contributed by atoms with Crippen molar-refractivity contribution in [3.05, 3.63) is 24.5 Å². The Morgan fingerprint density at radius 1 is 1.53 bits per heavy atom. The molecule has 0 aliphatic carbocycles. The van der Waals surface area contributed by atoms with Crippen molar-refractivity contribution in [2.45, 2.75) is 6.92 Å². The van der Waals surface area contributed by atoms with Crippen LogP contribution in [-0.4, -0.2) is 23.1 Å². The van der Waals surface area contributed by atoms with Crippen LogP contribution >= 0.6 is 0 Å². The molecule has 0 spiro atoms. The molecule has 0 fully saturated rings. The summed E-state index contributed by atoms with van der Waals surface area (Å²) in [6.45, 7) is 3.73. The second-order valence-corrected chi connectivity index (χ2v) is 3.86. The van der Waals surface area contributed by atoms with Crippen molar-refractivity contribution >= 4 is 16.7 Å². The molecule has 0 radical (unpaired) electrons. The minimum Gasteiger partial charge on any atom is -0.385 e. The average molecular weight is 204 g/mol. The van der Waals surface area contributed by atoms with Crippen LogP contribution in [-0.2, 0) is 0 Å². The third-order valence-electron chi connectivity index (χ3n) is 2.48. The zero-order chi connectivity index (χ0) is 10.7. The number of benzene rings is 1. The number of hydrogen-bond acceptors (Lipinski definition) is 3. The lowest BCUT2D eigenvalue weighted by Crippen LogP contribution is -2.19. The smallest absolute Gasteiger partial charge is 0.0931 e. The average Bonchev–Trinajstić information content (AvgIpc) is 2.72.